The van der Waals surface area contributed by atoms with Crippen LogP contribution in [0.4, 0.5) is 5.95 Å². The lowest BCUT2D eigenvalue weighted by molar-refractivity contribution is -0.169. The zero-order valence-electron chi connectivity index (χ0n) is 19.1. The highest BCUT2D eigenvalue weighted by Gasteiger charge is 2.40. The molecule has 4 heterocycles. The number of methoxy groups -OCH3 is 2. The summed E-state index contributed by atoms with van der Waals surface area (Å²) in [7, 11) is 3.19. The second-order valence-corrected chi connectivity index (χ2v) is 8.66. The van der Waals surface area contributed by atoms with E-state index in [1.807, 2.05) is 18.2 Å². The molecule has 176 valence electrons. The molecule has 2 fully saturated rings. The van der Waals surface area contributed by atoms with Crippen LogP contribution in [0.25, 0.3) is 21.9 Å². The summed E-state index contributed by atoms with van der Waals surface area (Å²) in [5.74, 6) is 1.06. The Morgan fingerprint density at radius 2 is 1.62 bits per heavy atom. The molecule has 0 unspecified atom stereocenters. The number of aromatic nitrogens is 2. The highest BCUT2D eigenvalue weighted by atomic mass is 16.7. The second kappa shape index (κ2) is 8.11. The summed E-state index contributed by atoms with van der Waals surface area (Å²) in [6.07, 6.45) is 5.10. The lowest BCUT2D eigenvalue weighted by Gasteiger charge is -2.37. The van der Waals surface area contributed by atoms with Crippen molar-refractivity contribution in [2.75, 3.05) is 45.4 Å². The van der Waals surface area contributed by atoms with E-state index in [1.54, 1.807) is 26.6 Å². The van der Waals surface area contributed by atoms with Gasteiger partial charge in [-0.1, -0.05) is 0 Å². The number of hydrogen-bond donors (Lipinski definition) is 0. The van der Waals surface area contributed by atoms with Crippen LogP contribution in [0.2, 0.25) is 0 Å². The minimum absolute atomic E-state index is 0.240. The van der Waals surface area contributed by atoms with Crippen LogP contribution in [0, 0.1) is 0 Å². The molecular weight excluding hydrogens is 438 g/mol. The van der Waals surface area contributed by atoms with E-state index in [4.69, 9.17) is 23.7 Å². The minimum Gasteiger partial charge on any atom is -0.493 e. The van der Waals surface area contributed by atoms with Gasteiger partial charge in [-0.25, -0.2) is 14.8 Å². The molecule has 0 amide bonds. The third-order valence-electron chi connectivity index (χ3n) is 6.84. The van der Waals surface area contributed by atoms with Crippen molar-refractivity contribution in [3.63, 3.8) is 0 Å². The topological polar surface area (TPSA) is 92.2 Å². The van der Waals surface area contributed by atoms with Crippen molar-refractivity contribution < 1.29 is 28.5 Å². The van der Waals surface area contributed by atoms with Crippen LogP contribution in [0.5, 0.6) is 11.5 Å². The fourth-order valence-electron chi connectivity index (χ4n) is 5.09. The number of fused-ring (bicyclic) bond motifs is 2. The second-order valence-electron chi connectivity index (χ2n) is 8.66. The van der Waals surface area contributed by atoms with E-state index < -0.39 is 5.79 Å². The molecule has 9 nitrogen and oxygen atoms in total. The van der Waals surface area contributed by atoms with E-state index >= 15 is 0 Å². The monoisotopic (exact) mass is 463 g/mol. The van der Waals surface area contributed by atoms with E-state index in [0.29, 0.717) is 36.2 Å². The zero-order valence-corrected chi connectivity index (χ0v) is 19.1. The molecule has 9 heteroatoms. The van der Waals surface area contributed by atoms with E-state index in [2.05, 4.69) is 14.9 Å². The van der Waals surface area contributed by atoms with Gasteiger partial charge in [0.1, 0.15) is 6.61 Å². The molecule has 1 aromatic heterocycles. The molecule has 3 aliphatic heterocycles. The molecule has 0 atom stereocenters. The molecule has 0 N–H and O–H groups in total. The lowest BCUT2D eigenvalue weighted by Crippen LogP contribution is -2.45. The van der Waals surface area contributed by atoms with Gasteiger partial charge in [0.2, 0.25) is 5.95 Å². The van der Waals surface area contributed by atoms with Crippen LogP contribution in [-0.4, -0.2) is 62.2 Å². The van der Waals surface area contributed by atoms with Crippen LogP contribution < -0.4 is 14.4 Å². The fraction of sp³-hybridized carbons (Fsp3) is 0.400. The predicted molar refractivity (Wildman–Crippen MR) is 123 cm³/mol. The summed E-state index contributed by atoms with van der Waals surface area (Å²) in [4.78, 5) is 24.1. The third-order valence-corrected chi connectivity index (χ3v) is 6.84. The van der Waals surface area contributed by atoms with Gasteiger partial charge in [-0.05, 0) is 29.0 Å². The van der Waals surface area contributed by atoms with Gasteiger partial charge in [-0.15, -0.1) is 0 Å². The maximum Gasteiger partial charge on any atom is 0.339 e. The van der Waals surface area contributed by atoms with Gasteiger partial charge >= 0.3 is 5.97 Å². The molecule has 2 aromatic carbocycles. The SMILES string of the molecule is COc1cc2cc3c(c(-c4cnc(N5CCC6(CC5)OCCO6)nc4)c2cc1OC)C(=O)OC3. The van der Waals surface area contributed by atoms with Crippen molar-refractivity contribution in [1.29, 1.82) is 0 Å². The Morgan fingerprint density at radius 3 is 2.29 bits per heavy atom. The van der Waals surface area contributed by atoms with Gasteiger partial charge < -0.3 is 28.6 Å². The van der Waals surface area contributed by atoms with Crippen molar-refractivity contribution in [2.45, 2.75) is 25.2 Å². The Labute approximate surface area is 196 Å². The molecule has 34 heavy (non-hydrogen) atoms. The van der Waals surface area contributed by atoms with Crippen LogP contribution in [0.1, 0.15) is 28.8 Å². The largest absolute Gasteiger partial charge is 0.493 e. The Kier molecular flexibility index (Phi) is 5.04. The first-order valence-electron chi connectivity index (χ1n) is 11.3. The number of nitrogens with zero attached hydrogens (tertiary/aromatic N) is 3. The molecule has 6 rings (SSSR count). The van der Waals surface area contributed by atoms with Crippen molar-refractivity contribution in [3.8, 4) is 22.6 Å². The van der Waals surface area contributed by atoms with Gasteiger partial charge in [0.25, 0.3) is 0 Å². The van der Waals surface area contributed by atoms with Crippen LogP contribution in [0.15, 0.2) is 30.6 Å². The van der Waals surface area contributed by atoms with Crippen LogP contribution in [0.3, 0.4) is 0 Å². The number of hydrogen-bond acceptors (Lipinski definition) is 9. The summed E-state index contributed by atoms with van der Waals surface area (Å²) in [6.45, 7) is 3.06. The molecule has 2 saturated heterocycles. The maximum atomic E-state index is 12.7. The van der Waals surface area contributed by atoms with Gasteiger partial charge in [-0.2, -0.15) is 0 Å². The summed E-state index contributed by atoms with van der Waals surface area (Å²) in [6, 6.07) is 5.76. The van der Waals surface area contributed by atoms with Crippen molar-refractivity contribution in [1.82, 2.24) is 9.97 Å². The van der Waals surface area contributed by atoms with Crippen LogP contribution >= 0.6 is 0 Å². The third kappa shape index (κ3) is 3.35. The fourth-order valence-corrected chi connectivity index (χ4v) is 5.09. The van der Waals surface area contributed by atoms with E-state index in [0.717, 1.165) is 53.4 Å². The van der Waals surface area contributed by atoms with Gasteiger partial charge in [0.15, 0.2) is 17.3 Å². The maximum absolute atomic E-state index is 12.7. The first-order chi connectivity index (χ1) is 16.6. The smallest absolute Gasteiger partial charge is 0.339 e. The number of piperidine rings is 1. The number of cyclic esters (lactones) is 1. The molecular formula is C25H25N3O6. The standard InChI is InChI=1S/C25H25N3O6/c1-30-19-10-15-9-16-14-32-23(29)22(16)21(18(15)11-20(19)31-2)17-12-26-24(27-13-17)28-5-3-25(4-6-28)33-7-8-34-25/h9-13H,3-8,14H2,1-2H3. The van der Waals surface area contributed by atoms with Crippen molar-refractivity contribution in [2.24, 2.45) is 0 Å². The minimum atomic E-state index is -0.444. The Morgan fingerprint density at radius 1 is 0.941 bits per heavy atom. The summed E-state index contributed by atoms with van der Waals surface area (Å²) in [5, 5.41) is 1.77. The highest BCUT2D eigenvalue weighted by Crippen LogP contribution is 2.42. The van der Waals surface area contributed by atoms with E-state index in [9.17, 15) is 4.79 Å². The Balaban J connectivity index is 1.39. The number of anilines is 1. The average molecular weight is 463 g/mol. The van der Waals surface area contributed by atoms with E-state index in [-0.39, 0.29) is 12.6 Å². The summed E-state index contributed by atoms with van der Waals surface area (Å²) >= 11 is 0. The molecule has 3 aliphatic rings. The number of benzene rings is 2. The van der Waals surface area contributed by atoms with Gasteiger partial charge in [-0.3, -0.25) is 0 Å². The molecule has 0 saturated carbocycles. The Bertz CT molecular complexity index is 1260. The first-order valence-corrected chi connectivity index (χ1v) is 11.3. The number of esters is 1. The summed E-state index contributed by atoms with van der Waals surface area (Å²) in [5.41, 5.74) is 2.87. The average Bonchev–Trinajstić information content (AvgIpc) is 3.49. The molecule has 0 radical (unpaired) electrons. The number of ether oxygens (including phenoxy) is 5. The van der Waals surface area contributed by atoms with Crippen molar-refractivity contribution >= 4 is 22.7 Å². The molecule has 3 aromatic rings. The number of carbonyl (C=O) groups excluding carboxylic acids is 1. The predicted octanol–water partition coefficient (Wildman–Crippen LogP) is 3.33. The van der Waals surface area contributed by atoms with Gasteiger partial charge in [0.05, 0.1) is 33.0 Å². The molecule has 1 spiro atoms. The highest BCUT2D eigenvalue weighted by molar-refractivity contribution is 6.11. The molecule has 0 bridgehead atoms. The number of rotatable bonds is 4. The van der Waals surface area contributed by atoms with Crippen molar-refractivity contribution in [3.05, 3.63) is 41.7 Å². The Hall–Kier alpha value is -3.43. The molecule has 0 aliphatic carbocycles. The zero-order chi connectivity index (χ0) is 23.3. The van der Waals surface area contributed by atoms with E-state index in [1.165, 1.54) is 0 Å². The summed E-state index contributed by atoms with van der Waals surface area (Å²) < 4.78 is 28.0. The van der Waals surface area contributed by atoms with Crippen LogP contribution in [-0.2, 0) is 20.8 Å². The lowest BCUT2D eigenvalue weighted by atomic mass is 9.91. The number of carbonyl (C=O) groups is 1. The first kappa shape index (κ1) is 21.1. The normalized spacial score (nSPS) is 18.9. The quantitative estimate of drug-likeness (QED) is 0.540. The van der Waals surface area contributed by atoms with Gasteiger partial charge in [0, 0.05) is 55.0 Å².